The second-order valence-electron chi connectivity index (χ2n) is 7.35. The number of amides is 1. The maximum absolute atomic E-state index is 13.1. The van der Waals surface area contributed by atoms with Crippen molar-refractivity contribution in [3.05, 3.63) is 61.6 Å². The fraction of sp³-hybridized carbons (Fsp3) is 0.273. The molecule has 2 aromatic carbocycles. The molecule has 0 unspecified atom stereocenters. The largest absolute Gasteiger partial charge is 0.503 e. The van der Waals surface area contributed by atoms with Crippen LogP contribution in [0, 0.1) is 18.3 Å². The summed E-state index contributed by atoms with van der Waals surface area (Å²) in [5.74, 6) is 0.416. The Bertz CT molecular complexity index is 1150. The first-order valence-corrected chi connectivity index (χ1v) is 11.6. The van der Waals surface area contributed by atoms with Gasteiger partial charge in [-0.05, 0) is 58.2 Å². The number of aromatic hydroxyl groups is 1. The lowest BCUT2D eigenvalue weighted by molar-refractivity contribution is -0.129. The van der Waals surface area contributed by atoms with Crippen LogP contribution in [0.25, 0.3) is 0 Å². The van der Waals surface area contributed by atoms with Crippen molar-refractivity contribution in [1.82, 2.24) is 4.90 Å². The van der Waals surface area contributed by atoms with Crippen molar-refractivity contribution in [2.75, 3.05) is 24.6 Å². The third kappa shape index (κ3) is 3.98. The highest BCUT2D eigenvalue weighted by Gasteiger charge is 2.38. The molecule has 1 N–H and O–H groups in total. The fourth-order valence-corrected chi connectivity index (χ4v) is 5.54. The Hall–Kier alpha value is -2.34. The topological polar surface area (TPSA) is 76.8 Å². The average molecular weight is 521 g/mol. The van der Waals surface area contributed by atoms with Crippen molar-refractivity contribution in [2.24, 2.45) is 0 Å². The first-order valence-electron chi connectivity index (χ1n) is 9.49. The van der Waals surface area contributed by atoms with Crippen LogP contribution in [0.4, 0.5) is 5.69 Å². The molecule has 2 aromatic rings. The van der Waals surface area contributed by atoms with E-state index in [0.717, 1.165) is 16.8 Å². The molecule has 1 saturated heterocycles. The van der Waals surface area contributed by atoms with Gasteiger partial charge in [0.2, 0.25) is 5.91 Å². The number of carbonyl (C=O) groups excluding carboxylic acids is 1. The van der Waals surface area contributed by atoms with E-state index in [4.69, 9.17) is 16.3 Å². The van der Waals surface area contributed by atoms with Crippen LogP contribution < -0.4 is 9.64 Å². The van der Waals surface area contributed by atoms with Crippen LogP contribution in [-0.4, -0.2) is 35.6 Å². The predicted molar refractivity (Wildman–Crippen MR) is 125 cm³/mol. The molecule has 0 spiro atoms. The van der Waals surface area contributed by atoms with E-state index in [1.54, 1.807) is 17.0 Å². The van der Waals surface area contributed by atoms with Crippen LogP contribution in [0.3, 0.4) is 0 Å². The van der Waals surface area contributed by atoms with Gasteiger partial charge in [-0.3, -0.25) is 9.69 Å². The number of nitrogens with zero attached hydrogens (tertiary/aromatic N) is 3. The van der Waals surface area contributed by atoms with Crippen LogP contribution in [0.1, 0.15) is 23.5 Å². The number of allylic oxidation sites excluding steroid dienone is 1. The third-order valence-electron chi connectivity index (χ3n) is 5.49. The number of hydrogen-bond acceptors (Lipinski definition) is 6. The van der Waals surface area contributed by atoms with Gasteiger partial charge in [0.25, 0.3) is 0 Å². The third-order valence-corrected chi connectivity index (χ3v) is 7.65. The molecule has 2 aliphatic rings. The quantitative estimate of drug-likeness (QED) is 0.588. The average Bonchev–Trinajstić information content (AvgIpc) is 2.77. The maximum Gasteiger partial charge on any atom is 0.229 e. The molecule has 0 aliphatic carbocycles. The Labute approximate surface area is 198 Å². The predicted octanol–water partition coefficient (Wildman–Crippen LogP) is 5.34. The van der Waals surface area contributed by atoms with Gasteiger partial charge in [0.05, 0.1) is 40.8 Å². The number of methoxy groups -OCH3 is 1. The second kappa shape index (κ2) is 8.65. The van der Waals surface area contributed by atoms with Gasteiger partial charge in [-0.15, -0.1) is 0 Å². The number of ether oxygens (including phenoxy) is 1. The van der Waals surface area contributed by atoms with E-state index in [0.29, 0.717) is 38.4 Å². The summed E-state index contributed by atoms with van der Waals surface area (Å²) >= 11 is 11.1. The molecule has 2 heterocycles. The maximum atomic E-state index is 13.1. The first kappa shape index (κ1) is 21.9. The molecular weight excluding hydrogens is 502 g/mol. The van der Waals surface area contributed by atoms with Crippen molar-refractivity contribution in [3.8, 4) is 17.6 Å². The van der Waals surface area contributed by atoms with Gasteiger partial charge in [-0.2, -0.15) is 5.26 Å². The summed E-state index contributed by atoms with van der Waals surface area (Å²) in [5.41, 5.74) is 3.22. The summed E-state index contributed by atoms with van der Waals surface area (Å²) in [6.07, 6.45) is 0.163. The minimum Gasteiger partial charge on any atom is -0.503 e. The molecule has 2 aliphatic heterocycles. The number of hydrogen-bond donors (Lipinski definition) is 1. The van der Waals surface area contributed by atoms with E-state index in [1.165, 1.54) is 18.9 Å². The summed E-state index contributed by atoms with van der Waals surface area (Å²) in [6.45, 7) is 2.31. The molecule has 0 aromatic heterocycles. The Balaban J connectivity index is 1.69. The van der Waals surface area contributed by atoms with Crippen LogP contribution >= 0.6 is 39.3 Å². The van der Waals surface area contributed by atoms with Crippen LogP contribution in [-0.2, 0) is 4.79 Å². The second-order valence-corrected chi connectivity index (χ2v) is 9.55. The number of thioether (sulfide) groups is 1. The molecule has 0 radical (unpaired) electrons. The lowest BCUT2D eigenvalue weighted by atomic mass is 9.86. The molecule has 1 atom stereocenters. The van der Waals surface area contributed by atoms with Gasteiger partial charge in [-0.1, -0.05) is 29.4 Å². The monoisotopic (exact) mass is 519 g/mol. The summed E-state index contributed by atoms with van der Waals surface area (Å²) in [5, 5.41) is 21.4. The molecule has 6 nitrogen and oxygen atoms in total. The molecule has 160 valence electrons. The van der Waals surface area contributed by atoms with E-state index in [-0.39, 0.29) is 18.1 Å². The molecule has 0 saturated carbocycles. The molecular formula is C22H19BrClN3O3S. The number of carbonyl (C=O) groups is 1. The van der Waals surface area contributed by atoms with E-state index >= 15 is 0 Å². The smallest absolute Gasteiger partial charge is 0.229 e. The number of benzene rings is 2. The minimum absolute atomic E-state index is 0.0133. The first-order chi connectivity index (χ1) is 14.8. The Morgan fingerprint density at radius 2 is 2.13 bits per heavy atom. The highest BCUT2D eigenvalue weighted by Crippen LogP contribution is 2.46. The van der Waals surface area contributed by atoms with Crippen LogP contribution in [0.15, 0.2) is 45.4 Å². The number of anilines is 1. The SMILES string of the molecule is COc1cc([C@@H]2CC(=O)N3CN(c4ccc(C)c(Cl)c4)CSC3=C2C#N)cc(Br)c1O. The summed E-state index contributed by atoms with van der Waals surface area (Å²) in [4.78, 5) is 16.8. The van der Waals surface area contributed by atoms with Gasteiger partial charge >= 0.3 is 0 Å². The number of nitriles is 1. The Morgan fingerprint density at radius 1 is 1.35 bits per heavy atom. The van der Waals surface area contributed by atoms with Gasteiger partial charge in [0.1, 0.15) is 0 Å². The van der Waals surface area contributed by atoms with E-state index in [1.807, 2.05) is 25.1 Å². The zero-order valence-electron chi connectivity index (χ0n) is 16.9. The van der Waals surface area contributed by atoms with Gasteiger partial charge in [-0.25, -0.2) is 0 Å². The van der Waals surface area contributed by atoms with E-state index < -0.39 is 5.92 Å². The standard InChI is InChI=1S/C22H19BrClN3O3S/c1-12-3-4-14(7-18(12)24)26-10-27-20(28)8-15(16(9-25)22(27)31-11-26)13-5-17(23)21(29)19(6-13)30-2/h3-7,15,29H,8,10-11H2,1-2H3/t15-/m0/s1. The highest BCUT2D eigenvalue weighted by molar-refractivity contribution is 9.10. The summed E-state index contributed by atoms with van der Waals surface area (Å²) in [7, 11) is 1.46. The molecule has 9 heteroatoms. The lowest BCUT2D eigenvalue weighted by Gasteiger charge is -2.42. The van der Waals surface area contributed by atoms with E-state index in [2.05, 4.69) is 26.9 Å². The Kier molecular flexibility index (Phi) is 6.11. The van der Waals surface area contributed by atoms with Gasteiger partial charge < -0.3 is 14.7 Å². The summed E-state index contributed by atoms with van der Waals surface area (Å²) in [6, 6.07) is 11.6. The van der Waals surface area contributed by atoms with Gasteiger partial charge in [0.15, 0.2) is 11.5 Å². The number of fused-ring (bicyclic) bond motifs is 1. The molecule has 0 bridgehead atoms. The van der Waals surface area contributed by atoms with Crippen molar-refractivity contribution in [1.29, 1.82) is 5.26 Å². The molecule has 1 amide bonds. The zero-order chi connectivity index (χ0) is 22.3. The molecule has 1 fully saturated rings. The van der Waals surface area contributed by atoms with Crippen molar-refractivity contribution >= 4 is 50.9 Å². The zero-order valence-corrected chi connectivity index (χ0v) is 20.0. The summed E-state index contributed by atoms with van der Waals surface area (Å²) < 4.78 is 5.70. The molecule has 31 heavy (non-hydrogen) atoms. The number of rotatable bonds is 3. The number of aryl methyl sites for hydroxylation is 1. The molecule has 4 rings (SSSR count). The lowest BCUT2D eigenvalue weighted by Crippen LogP contribution is -2.47. The van der Waals surface area contributed by atoms with Gasteiger partial charge in [0, 0.05) is 23.0 Å². The normalized spacial score (nSPS) is 18.7. The number of phenolic OH excluding ortho intramolecular Hbond substituents is 1. The highest BCUT2D eigenvalue weighted by atomic mass is 79.9. The minimum atomic E-state index is -0.401. The number of halogens is 2. The fourth-order valence-electron chi connectivity index (χ4n) is 3.74. The van der Waals surface area contributed by atoms with Crippen molar-refractivity contribution < 1.29 is 14.6 Å². The van der Waals surface area contributed by atoms with Crippen molar-refractivity contribution in [3.63, 3.8) is 0 Å². The number of phenols is 1. The van der Waals surface area contributed by atoms with Crippen LogP contribution in [0.5, 0.6) is 11.5 Å². The van der Waals surface area contributed by atoms with Crippen molar-refractivity contribution in [2.45, 2.75) is 19.3 Å². The Morgan fingerprint density at radius 3 is 2.81 bits per heavy atom. The van der Waals surface area contributed by atoms with E-state index in [9.17, 15) is 15.2 Å². The van der Waals surface area contributed by atoms with Crippen LogP contribution in [0.2, 0.25) is 5.02 Å².